The van der Waals surface area contributed by atoms with Gasteiger partial charge in [-0.1, -0.05) is 6.92 Å². The van der Waals surface area contributed by atoms with Crippen molar-refractivity contribution in [3.63, 3.8) is 0 Å². The molecule has 6 heteroatoms. The van der Waals surface area contributed by atoms with Crippen LogP contribution in [0.2, 0.25) is 0 Å². The molecule has 0 aliphatic rings. The van der Waals surface area contributed by atoms with Crippen LogP contribution in [0.5, 0.6) is 0 Å². The Morgan fingerprint density at radius 1 is 1.50 bits per heavy atom. The molecule has 0 aromatic heterocycles. The van der Waals surface area contributed by atoms with Crippen LogP contribution < -0.4 is 10.5 Å². The molecule has 0 bridgehead atoms. The van der Waals surface area contributed by atoms with E-state index in [1.54, 1.807) is 0 Å². The van der Waals surface area contributed by atoms with E-state index in [2.05, 4.69) is 4.72 Å². The normalized spacial score (nSPS) is 14.2. The fourth-order valence-corrected chi connectivity index (χ4v) is 1.99. The van der Waals surface area contributed by atoms with Crippen LogP contribution in [0.4, 0.5) is 0 Å². The summed E-state index contributed by atoms with van der Waals surface area (Å²) in [6.07, 6.45) is 0.826. The largest absolute Gasteiger partial charge is 0.384 e. The molecule has 0 amide bonds. The highest BCUT2D eigenvalue weighted by Crippen LogP contribution is 1.98. The van der Waals surface area contributed by atoms with Gasteiger partial charge >= 0.3 is 0 Å². The van der Waals surface area contributed by atoms with Crippen molar-refractivity contribution in [2.75, 3.05) is 32.6 Å². The summed E-state index contributed by atoms with van der Waals surface area (Å²) in [5.74, 6) is 0.288. The maximum absolute atomic E-state index is 11.3. The third-order valence-corrected chi connectivity index (χ3v) is 3.18. The molecule has 3 N–H and O–H groups in total. The van der Waals surface area contributed by atoms with E-state index in [0.717, 1.165) is 6.42 Å². The van der Waals surface area contributed by atoms with Gasteiger partial charge in [-0.15, -0.1) is 0 Å². The molecular formula is C8H20N2O3S. The van der Waals surface area contributed by atoms with E-state index < -0.39 is 10.0 Å². The van der Waals surface area contributed by atoms with Gasteiger partial charge in [0.25, 0.3) is 0 Å². The maximum atomic E-state index is 11.3. The van der Waals surface area contributed by atoms with E-state index in [1.807, 2.05) is 6.92 Å². The van der Waals surface area contributed by atoms with E-state index in [-0.39, 0.29) is 18.3 Å². The topological polar surface area (TPSA) is 81.4 Å². The van der Waals surface area contributed by atoms with Gasteiger partial charge in [0.05, 0.1) is 12.4 Å². The number of rotatable bonds is 8. The predicted octanol–water partition coefficient (Wildman–Crippen LogP) is -0.463. The summed E-state index contributed by atoms with van der Waals surface area (Å²) in [6, 6.07) is 0. The lowest BCUT2D eigenvalue weighted by Gasteiger charge is -2.11. The molecule has 0 aromatic carbocycles. The highest BCUT2D eigenvalue weighted by atomic mass is 32.2. The number of hydrogen-bond donors (Lipinski definition) is 2. The summed E-state index contributed by atoms with van der Waals surface area (Å²) in [4.78, 5) is 0. The summed E-state index contributed by atoms with van der Waals surface area (Å²) in [7, 11) is -1.69. The van der Waals surface area contributed by atoms with E-state index >= 15 is 0 Å². The standard InChI is InChI=1S/C8H20N2O3S/c1-8(3-4-9)7-10-14(11,12)6-5-13-2/h8,10H,3-7,9H2,1-2H3. The van der Waals surface area contributed by atoms with E-state index in [1.165, 1.54) is 7.11 Å². The van der Waals surface area contributed by atoms with Crippen molar-refractivity contribution < 1.29 is 13.2 Å². The van der Waals surface area contributed by atoms with Crippen molar-refractivity contribution in [1.82, 2.24) is 4.72 Å². The van der Waals surface area contributed by atoms with Crippen LogP contribution in [-0.4, -0.2) is 41.0 Å². The molecule has 14 heavy (non-hydrogen) atoms. The quantitative estimate of drug-likeness (QED) is 0.584. The van der Waals surface area contributed by atoms with Crippen LogP contribution in [0.1, 0.15) is 13.3 Å². The van der Waals surface area contributed by atoms with Crippen molar-refractivity contribution >= 4 is 10.0 Å². The molecule has 1 atom stereocenters. The molecule has 0 saturated carbocycles. The van der Waals surface area contributed by atoms with Crippen LogP contribution >= 0.6 is 0 Å². The molecule has 0 aliphatic heterocycles. The number of methoxy groups -OCH3 is 1. The number of ether oxygens (including phenoxy) is 1. The second kappa shape index (κ2) is 7.17. The van der Waals surface area contributed by atoms with Crippen LogP contribution in [-0.2, 0) is 14.8 Å². The lowest BCUT2D eigenvalue weighted by molar-refractivity contribution is 0.217. The van der Waals surface area contributed by atoms with Gasteiger partial charge in [0.1, 0.15) is 0 Å². The second-order valence-electron chi connectivity index (χ2n) is 3.34. The van der Waals surface area contributed by atoms with Crippen molar-refractivity contribution in [3.05, 3.63) is 0 Å². The molecular weight excluding hydrogens is 204 g/mol. The summed E-state index contributed by atoms with van der Waals surface area (Å²) in [6.45, 7) is 3.22. The number of nitrogens with one attached hydrogen (secondary N) is 1. The predicted molar refractivity (Wildman–Crippen MR) is 56.5 cm³/mol. The van der Waals surface area contributed by atoms with Crippen molar-refractivity contribution in [1.29, 1.82) is 0 Å². The van der Waals surface area contributed by atoms with Gasteiger partial charge in [0.2, 0.25) is 10.0 Å². The first-order chi connectivity index (χ1) is 6.52. The summed E-state index contributed by atoms with van der Waals surface area (Å²) in [5, 5.41) is 0. The first-order valence-corrected chi connectivity index (χ1v) is 6.33. The Balaban J connectivity index is 3.75. The number of sulfonamides is 1. The van der Waals surface area contributed by atoms with Crippen LogP contribution in [0, 0.1) is 5.92 Å². The summed E-state index contributed by atoms with van der Waals surface area (Å²) < 4.78 is 29.8. The van der Waals surface area contributed by atoms with Crippen molar-refractivity contribution in [2.45, 2.75) is 13.3 Å². The van der Waals surface area contributed by atoms with E-state index in [0.29, 0.717) is 13.1 Å². The molecule has 0 aromatic rings. The Morgan fingerprint density at radius 2 is 2.14 bits per heavy atom. The average Bonchev–Trinajstić information content (AvgIpc) is 2.13. The third-order valence-electron chi connectivity index (χ3n) is 1.87. The van der Waals surface area contributed by atoms with E-state index in [4.69, 9.17) is 10.5 Å². The van der Waals surface area contributed by atoms with Gasteiger partial charge in [-0.05, 0) is 18.9 Å². The average molecular weight is 224 g/mol. The molecule has 0 fully saturated rings. The van der Waals surface area contributed by atoms with Crippen molar-refractivity contribution in [2.24, 2.45) is 11.7 Å². The van der Waals surface area contributed by atoms with Gasteiger partial charge < -0.3 is 10.5 Å². The fraction of sp³-hybridized carbons (Fsp3) is 1.00. The monoisotopic (exact) mass is 224 g/mol. The van der Waals surface area contributed by atoms with Gasteiger partial charge in [-0.3, -0.25) is 0 Å². The van der Waals surface area contributed by atoms with Gasteiger partial charge in [-0.25, -0.2) is 13.1 Å². The molecule has 0 spiro atoms. The first-order valence-electron chi connectivity index (χ1n) is 4.68. The lowest BCUT2D eigenvalue weighted by Crippen LogP contribution is -2.32. The van der Waals surface area contributed by atoms with Crippen LogP contribution in [0.3, 0.4) is 0 Å². The van der Waals surface area contributed by atoms with Crippen LogP contribution in [0.15, 0.2) is 0 Å². The molecule has 0 rings (SSSR count). The summed E-state index contributed by atoms with van der Waals surface area (Å²) >= 11 is 0. The van der Waals surface area contributed by atoms with Gasteiger partial charge in [-0.2, -0.15) is 0 Å². The maximum Gasteiger partial charge on any atom is 0.213 e. The Labute approximate surface area is 86.1 Å². The summed E-state index contributed by atoms with van der Waals surface area (Å²) in [5.41, 5.74) is 5.35. The second-order valence-corrected chi connectivity index (χ2v) is 5.27. The highest BCUT2D eigenvalue weighted by Gasteiger charge is 2.10. The molecule has 86 valence electrons. The SMILES string of the molecule is COCCS(=O)(=O)NCC(C)CCN. The number of hydrogen-bond acceptors (Lipinski definition) is 4. The highest BCUT2D eigenvalue weighted by molar-refractivity contribution is 7.89. The molecule has 1 unspecified atom stereocenters. The number of nitrogens with two attached hydrogens (primary N) is 1. The molecule has 0 saturated heterocycles. The van der Waals surface area contributed by atoms with Crippen molar-refractivity contribution in [3.8, 4) is 0 Å². The molecule has 0 heterocycles. The Morgan fingerprint density at radius 3 is 2.64 bits per heavy atom. The van der Waals surface area contributed by atoms with Gasteiger partial charge in [0, 0.05) is 13.7 Å². The molecule has 5 nitrogen and oxygen atoms in total. The van der Waals surface area contributed by atoms with Gasteiger partial charge in [0.15, 0.2) is 0 Å². The fourth-order valence-electron chi connectivity index (χ4n) is 0.921. The lowest BCUT2D eigenvalue weighted by atomic mass is 10.1. The molecule has 0 aliphatic carbocycles. The zero-order chi connectivity index (χ0) is 11.0. The van der Waals surface area contributed by atoms with E-state index in [9.17, 15) is 8.42 Å². The zero-order valence-electron chi connectivity index (χ0n) is 8.82. The minimum atomic E-state index is -3.17. The third kappa shape index (κ3) is 7.25. The first kappa shape index (κ1) is 13.8. The Bertz CT molecular complexity index is 229. The Kier molecular flexibility index (Phi) is 7.08. The minimum Gasteiger partial charge on any atom is -0.384 e. The molecule has 0 radical (unpaired) electrons. The zero-order valence-corrected chi connectivity index (χ0v) is 9.64. The minimum absolute atomic E-state index is 0.0127. The van der Waals surface area contributed by atoms with Crippen LogP contribution in [0.25, 0.3) is 0 Å². The smallest absolute Gasteiger partial charge is 0.213 e. The Hall–Kier alpha value is -0.170.